The summed E-state index contributed by atoms with van der Waals surface area (Å²) in [4.78, 5) is 11.1. The zero-order valence-electron chi connectivity index (χ0n) is 14.1. The van der Waals surface area contributed by atoms with Crippen LogP contribution in [0.25, 0.3) is 0 Å². The lowest BCUT2D eigenvalue weighted by Gasteiger charge is -2.22. The maximum atomic E-state index is 5.58. The number of halogens is 1. The molecule has 1 aromatic carbocycles. The molecule has 2 aromatic rings. The smallest absolute Gasteiger partial charge is 0.216 e. The van der Waals surface area contributed by atoms with Crippen molar-refractivity contribution in [2.45, 2.75) is 33.9 Å². The van der Waals surface area contributed by atoms with Gasteiger partial charge in [-0.15, -0.1) is 0 Å². The number of rotatable bonds is 5. The van der Waals surface area contributed by atoms with Gasteiger partial charge in [-0.1, -0.05) is 28.1 Å². The molecule has 0 spiro atoms. The van der Waals surface area contributed by atoms with Crippen LogP contribution in [0.5, 0.6) is 0 Å². The van der Waals surface area contributed by atoms with Crippen LogP contribution in [0, 0.1) is 13.8 Å². The number of aliphatic imine (C=N–C) groups is 1. The lowest BCUT2D eigenvalue weighted by Crippen LogP contribution is -2.38. The third kappa shape index (κ3) is 5.10. The highest BCUT2D eigenvalue weighted by atomic mass is 79.9. The normalized spacial score (nSPS) is 11.6. The molecule has 0 atom stereocenters. The van der Waals surface area contributed by atoms with Gasteiger partial charge in [-0.25, -0.2) is 9.98 Å². The highest BCUT2D eigenvalue weighted by Gasteiger charge is 2.09. The van der Waals surface area contributed by atoms with E-state index in [4.69, 9.17) is 4.42 Å². The zero-order valence-corrected chi connectivity index (χ0v) is 15.6. The molecule has 0 aliphatic rings. The van der Waals surface area contributed by atoms with Crippen molar-refractivity contribution in [3.8, 4) is 0 Å². The highest BCUT2D eigenvalue weighted by molar-refractivity contribution is 9.10. The van der Waals surface area contributed by atoms with Crippen molar-refractivity contribution in [2.75, 3.05) is 13.6 Å². The molecule has 1 aromatic heterocycles. The van der Waals surface area contributed by atoms with Crippen molar-refractivity contribution in [2.24, 2.45) is 4.99 Å². The van der Waals surface area contributed by atoms with Crippen molar-refractivity contribution in [3.05, 3.63) is 51.6 Å². The summed E-state index contributed by atoms with van der Waals surface area (Å²) in [5, 5.41) is 3.30. The Labute approximate surface area is 145 Å². The van der Waals surface area contributed by atoms with Gasteiger partial charge < -0.3 is 14.6 Å². The summed E-state index contributed by atoms with van der Waals surface area (Å²) in [6, 6.07) is 8.30. The second-order valence-electron chi connectivity index (χ2n) is 5.40. The van der Waals surface area contributed by atoms with Gasteiger partial charge >= 0.3 is 0 Å². The van der Waals surface area contributed by atoms with Crippen LogP contribution in [-0.2, 0) is 13.1 Å². The number of aromatic nitrogens is 1. The maximum Gasteiger partial charge on any atom is 0.216 e. The number of aryl methyl sites for hydroxylation is 2. The second kappa shape index (κ2) is 8.15. The summed E-state index contributed by atoms with van der Waals surface area (Å²) in [5.74, 6) is 2.33. The van der Waals surface area contributed by atoms with E-state index >= 15 is 0 Å². The van der Waals surface area contributed by atoms with Gasteiger partial charge in [-0.2, -0.15) is 0 Å². The highest BCUT2D eigenvalue weighted by Crippen LogP contribution is 2.12. The Hall–Kier alpha value is -1.82. The Morgan fingerprint density at radius 2 is 2.00 bits per heavy atom. The van der Waals surface area contributed by atoms with Crippen LogP contribution >= 0.6 is 15.9 Å². The summed E-state index contributed by atoms with van der Waals surface area (Å²) < 4.78 is 6.67. The van der Waals surface area contributed by atoms with E-state index in [0.29, 0.717) is 12.4 Å². The molecule has 0 amide bonds. The molecule has 1 N–H and O–H groups in total. The minimum Gasteiger partial charge on any atom is -0.444 e. The van der Waals surface area contributed by atoms with E-state index in [9.17, 15) is 0 Å². The van der Waals surface area contributed by atoms with Gasteiger partial charge in [0.15, 0.2) is 5.96 Å². The maximum absolute atomic E-state index is 5.58. The van der Waals surface area contributed by atoms with E-state index < -0.39 is 0 Å². The van der Waals surface area contributed by atoms with Crippen molar-refractivity contribution >= 4 is 21.9 Å². The van der Waals surface area contributed by atoms with Gasteiger partial charge in [0, 0.05) is 24.6 Å². The van der Waals surface area contributed by atoms with E-state index in [0.717, 1.165) is 35.0 Å². The Morgan fingerprint density at radius 1 is 1.30 bits per heavy atom. The van der Waals surface area contributed by atoms with Gasteiger partial charge in [-0.3, -0.25) is 0 Å². The topological polar surface area (TPSA) is 53.7 Å². The van der Waals surface area contributed by atoms with Crippen LogP contribution in [-0.4, -0.2) is 29.4 Å². The third-order valence-corrected chi connectivity index (χ3v) is 4.00. The van der Waals surface area contributed by atoms with Gasteiger partial charge in [0.25, 0.3) is 0 Å². The van der Waals surface area contributed by atoms with E-state index in [1.165, 1.54) is 5.56 Å². The van der Waals surface area contributed by atoms with Crippen LogP contribution in [0.15, 0.2) is 38.1 Å². The number of benzene rings is 1. The molecule has 0 fully saturated rings. The predicted octanol–water partition coefficient (Wildman–Crippen LogP) is 3.65. The van der Waals surface area contributed by atoms with Gasteiger partial charge in [0.2, 0.25) is 5.89 Å². The fourth-order valence-electron chi connectivity index (χ4n) is 2.16. The van der Waals surface area contributed by atoms with Crippen molar-refractivity contribution in [1.29, 1.82) is 0 Å². The Bertz CT molecular complexity index is 644. The van der Waals surface area contributed by atoms with Gasteiger partial charge in [0.1, 0.15) is 12.3 Å². The molecule has 23 heavy (non-hydrogen) atoms. The van der Waals surface area contributed by atoms with Crippen LogP contribution in [0.3, 0.4) is 0 Å². The molecule has 0 saturated carbocycles. The molecule has 5 nitrogen and oxygen atoms in total. The number of oxazole rings is 1. The zero-order chi connectivity index (χ0) is 16.8. The number of guanidine groups is 1. The molecular formula is C17H23BrN4O. The summed E-state index contributed by atoms with van der Waals surface area (Å²) in [5.41, 5.74) is 2.15. The first-order valence-corrected chi connectivity index (χ1v) is 8.45. The number of nitrogens with zero attached hydrogens (tertiary/aromatic N) is 3. The third-order valence-electron chi connectivity index (χ3n) is 3.47. The molecule has 2 rings (SSSR count). The summed E-state index contributed by atoms with van der Waals surface area (Å²) in [6.45, 7) is 7.94. The largest absolute Gasteiger partial charge is 0.444 e. The number of hydrogen-bond acceptors (Lipinski definition) is 3. The van der Waals surface area contributed by atoms with Crippen molar-refractivity contribution < 1.29 is 4.42 Å². The van der Waals surface area contributed by atoms with Crippen LogP contribution < -0.4 is 5.32 Å². The Kier molecular flexibility index (Phi) is 6.21. The molecule has 124 valence electrons. The number of nitrogens with one attached hydrogen (secondary N) is 1. The summed E-state index contributed by atoms with van der Waals surface area (Å²) in [7, 11) is 2.02. The lowest BCUT2D eigenvalue weighted by atomic mass is 10.2. The number of hydrogen-bond donors (Lipinski definition) is 1. The Morgan fingerprint density at radius 3 is 2.57 bits per heavy atom. The Balaban J connectivity index is 2.06. The molecule has 0 bridgehead atoms. The molecule has 0 aliphatic carbocycles. The molecule has 0 saturated heterocycles. The second-order valence-corrected chi connectivity index (χ2v) is 6.32. The van der Waals surface area contributed by atoms with E-state index in [2.05, 4.69) is 55.2 Å². The minimum absolute atomic E-state index is 0.432. The fraction of sp³-hybridized carbons (Fsp3) is 0.412. The molecular weight excluding hydrogens is 356 g/mol. The van der Waals surface area contributed by atoms with E-state index in [1.807, 2.05) is 33.0 Å². The van der Waals surface area contributed by atoms with Crippen LogP contribution in [0.4, 0.5) is 0 Å². The molecule has 0 aliphatic heterocycles. The lowest BCUT2D eigenvalue weighted by molar-refractivity contribution is 0.458. The van der Waals surface area contributed by atoms with E-state index in [1.54, 1.807) is 0 Å². The molecule has 1 heterocycles. The quantitative estimate of drug-likeness (QED) is 0.637. The molecule has 0 radical (unpaired) electrons. The van der Waals surface area contributed by atoms with Crippen molar-refractivity contribution in [1.82, 2.24) is 15.2 Å². The molecule has 6 heteroatoms. The fourth-order valence-corrected chi connectivity index (χ4v) is 2.42. The minimum atomic E-state index is 0.432. The van der Waals surface area contributed by atoms with Crippen molar-refractivity contribution in [3.63, 3.8) is 0 Å². The SMILES string of the molecule is CCNC(=NCc1nc(C)c(C)o1)N(C)Cc1ccc(Br)cc1. The summed E-state index contributed by atoms with van der Waals surface area (Å²) >= 11 is 3.46. The molecule has 0 unspecified atom stereocenters. The average Bonchev–Trinajstić information content (AvgIpc) is 2.84. The first kappa shape index (κ1) is 17.5. The van der Waals surface area contributed by atoms with Gasteiger partial charge in [-0.05, 0) is 38.5 Å². The first-order valence-electron chi connectivity index (χ1n) is 7.66. The first-order chi connectivity index (χ1) is 11.0. The van der Waals surface area contributed by atoms with Crippen LogP contribution in [0.1, 0.15) is 29.8 Å². The predicted molar refractivity (Wildman–Crippen MR) is 96.4 cm³/mol. The van der Waals surface area contributed by atoms with E-state index in [-0.39, 0.29) is 0 Å². The average molecular weight is 379 g/mol. The van der Waals surface area contributed by atoms with Gasteiger partial charge in [0.05, 0.1) is 5.69 Å². The standard InChI is InChI=1S/C17H23BrN4O/c1-5-19-17(20-10-16-21-12(2)13(3)23-16)22(4)11-14-6-8-15(18)9-7-14/h6-9H,5,10-11H2,1-4H3,(H,19,20). The monoisotopic (exact) mass is 378 g/mol. The van der Waals surface area contributed by atoms with Crippen LogP contribution in [0.2, 0.25) is 0 Å². The summed E-state index contributed by atoms with van der Waals surface area (Å²) in [6.07, 6.45) is 0.